The van der Waals surface area contributed by atoms with Crippen LogP contribution >= 0.6 is 0 Å². The summed E-state index contributed by atoms with van der Waals surface area (Å²) < 4.78 is 11.0. The van der Waals surface area contributed by atoms with Crippen LogP contribution in [0.1, 0.15) is 18.4 Å². The van der Waals surface area contributed by atoms with Crippen LogP contribution in [0.4, 0.5) is 0 Å². The van der Waals surface area contributed by atoms with Crippen LogP contribution in [0.5, 0.6) is 11.5 Å². The van der Waals surface area contributed by atoms with E-state index in [0.717, 1.165) is 22.8 Å². The van der Waals surface area contributed by atoms with Gasteiger partial charge in [0, 0.05) is 25.5 Å². The molecule has 1 aromatic rings. The Balaban J connectivity index is 1.93. The van der Waals surface area contributed by atoms with Gasteiger partial charge in [-0.3, -0.25) is 4.79 Å². The van der Waals surface area contributed by atoms with Crippen LogP contribution in [0.3, 0.4) is 0 Å². The molecule has 5 nitrogen and oxygen atoms in total. The Kier molecular flexibility index (Phi) is 2.66. The van der Waals surface area contributed by atoms with Crippen molar-refractivity contribution in [2.45, 2.75) is 12.8 Å². The Morgan fingerprint density at radius 3 is 2.72 bits per heavy atom. The summed E-state index contributed by atoms with van der Waals surface area (Å²) in [6.07, 6.45) is 1.17. The number of fused-ring (bicyclic) bond motifs is 1. The Labute approximate surface area is 105 Å². The monoisotopic (exact) mass is 246 g/mol. The largest absolute Gasteiger partial charge is 0.486 e. The first-order valence-corrected chi connectivity index (χ1v) is 5.98. The highest BCUT2D eigenvalue weighted by atomic mass is 16.6. The van der Waals surface area contributed by atoms with Gasteiger partial charge in [0.1, 0.15) is 13.2 Å². The Hall–Kier alpha value is -2.04. The molecule has 18 heavy (non-hydrogen) atoms. The minimum Gasteiger partial charge on any atom is -0.486 e. The van der Waals surface area contributed by atoms with Crippen molar-refractivity contribution >= 4 is 11.6 Å². The fraction of sp³-hybridized carbons (Fsp3) is 0.385. The molecular formula is C13H14N2O3. The lowest BCUT2D eigenvalue weighted by molar-refractivity contribution is -0.130. The molecule has 2 aliphatic rings. The van der Waals surface area contributed by atoms with E-state index in [1.165, 1.54) is 5.01 Å². The number of amides is 1. The zero-order chi connectivity index (χ0) is 12.5. The first-order valence-electron chi connectivity index (χ1n) is 5.98. The summed E-state index contributed by atoms with van der Waals surface area (Å²) in [5.41, 5.74) is 1.90. The lowest BCUT2D eigenvalue weighted by Gasteiger charge is -2.22. The van der Waals surface area contributed by atoms with Crippen molar-refractivity contribution in [2.75, 3.05) is 20.3 Å². The van der Waals surface area contributed by atoms with E-state index in [0.29, 0.717) is 26.1 Å². The van der Waals surface area contributed by atoms with Gasteiger partial charge in [0.25, 0.3) is 0 Å². The molecule has 0 radical (unpaired) electrons. The molecule has 0 saturated carbocycles. The molecule has 0 atom stereocenters. The molecular weight excluding hydrogens is 232 g/mol. The normalized spacial score (nSPS) is 18.6. The topological polar surface area (TPSA) is 51.1 Å². The maximum atomic E-state index is 11.4. The molecule has 0 saturated heterocycles. The van der Waals surface area contributed by atoms with Crippen molar-refractivity contribution in [3.63, 3.8) is 0 Å². The maximum Gasteiger partial charge on any atom is 0.242 e. The fourth-order valence-electron chi connectivity index (χ4n) is 2.10. The van der Waals surface area contributed by atoms with Gasteiger partial charge in [0.05, 0.1) is 5.71 Å². The number of hydrogen-bond acceptors (Lipinski definition) is 4. The average Bonchev–Trinajstić information content (AvgIpc) is 2.41. The third-order valence-corrected chi connectivity index (χ3v) is 3.08. The maximum absolute atomic E-state index is 11.4. The van der Waals surface area contributed by atoms with Crippen molar-refractivity contribution in [2.24, 2.45) is 5.10 Å². The van der Waals surface area contributed by atoms with Crippen LogP contribution in [0, 0.1) is 0 Å². The van der Waals surface area contributed by atoms with Crippen molar-refractivity contribution in [1.29, 1.82) is 0 Å². The summed E-state index contributed by atoms with van der Waals surface area (Å²) >= 11 is 0. The van der Waals surface area contributed by atoms with E-state index in [1.54, 1.807) is 7.05 Å². The van der Waals surface area contributed by atoms with Gasteiger partial charge in [0.2, 0.25) is 5.91 Å². The van der Waals surface area contributed by atoms with Gasteiger partial charge in [0.15, 0.2) is 11.5 Å². The van der Waals surface area contributed by atoms with Crippen LogP contribution in [0.15, 0.2) is 23.3 Å². The van der Waals surface area contributed by atoms with Gasteiger partial charge in [-0.05, 0) is 18.2 Å². The van der Waals surface area contributed by atoms with Gasteiger partial charge in [-0.1, -0.05) is 0 Å². The molecule has 5 heteroatoms. The first-order chi connectivity index (χ1) is 8.74. The number of carbonyl (C=O) groups excluding carboxylic acids is 1. The van der Waals surface area contributed by atoms with E-state index in [4.69, 9.17) is 9.47 Å². The molecule has 2 aliphatic heterocycles. The number of nitrogens with zero attached hydrogens (tertiary/aromatic N) is 2. The van der Waals surface area contributed by atoms with Crippen LogP contribution in [0.25, 0.3) is 0 Å². The zero-order valence-corrected chi connectivity index (χ0v) is 10.2. The van der Waals surface area contributed by atoms with Crippen molar-refractivity contribution < 1.29 is 14.3 Å². The lowest BCUT2D eigenvalue weighted by atomic mass is 10.0. The quantitative estimate of drug-likeness (QED) is 0.753. The minimum absolute atomic E-state index is 0.0521. The number of hydrazone groups is 1. The molecule has 0 aliphatic carbocycles. The second kappa shape index (κ2) is 4.33. The van der Waals surface area contributed by atoms with Gasteiger partial charge in [-0.25, -0.2) is 5.01 Å². The third-order valence-electron chi connectivity index (χ3n) is 3.08. The Morgan fingerprint density at radius 2 is 1.94 bits per heavy atom. The summed E-state index contributed by atoms with van der Waals surface area (Å²) in [5, 5.41) is 5.68. The van der Waals surface area contributed by atoms with E-state index in [2.05, 4.69) is 5.10 Å². The highest BCUT2D eigenvalue weighted by Crippen LogP contribution is 2.31. The minimum atomic E-state index is 0.0521. The second-order valence-corrected chi connectivity index (χ2v) is 4.32. The number of hydrogen-bond donors (Lipinski definition) is 0. The molecule has 0 aromatic heterocycles. The number of carbonyl (C=O) groups is 1. The molecule has 0 unspecified atom stereocenters. The molecule has 0 spiro atoms. The SMILES string of the molecule is CN1N=C(c2ccc3c(c2)OCCO3)CCC1=O. The Bertz CT molecular complexity index is 525. The van der Waals surface area contributed by atoms with Crippen LogP contribution < -0.4 is 9.47 Å². The van der Waals surface area contributed by atoms with E-state index >= 15 is 0 Å². The smallest absolute Gasteiger partial charge is 0.242 e. The van der Waals surface area contributed by atoms with Crippen LogP contribution in [0.2, 0.25) is 0 Å². The summed E-state index contributed by atoms with van der Waals surface area (Å²) in [7, 11) is 1.68. The third kappa shape index (κ3) is 1.92. The number of ether oxygens (including phenoxy) is 2. The molecule has 1 aromatic carbocycles. The first kappa shape index (κ1) is 11.1. The second-order valence-electron chi connectivity index (χ2n) is 4.32. The molecule has 94 valence electrons. The van der Waals surface area contributed by atoms with Crippen LogP contribution in [-0.4, -0.2) is 36.9 Å². The molecule has 3 rings (SSSR count). The molecule has 0 N–H and O–H groups in total. The number of benzene rings is 1. The number of rotatable bonds is 1. The molecule has 0 fully saturated rings. The summed E-state index contributed by atoms with van der Waals surface area (Å²) in [6.45, 7) is 1.16. The fourth-order valence-corrected chi connectivity index (χ4v) is 2.10. The lowest BCUT2D eigenvalue weighted by Crippen LogP contribution is -2.28. The van der Waals surface area contributed by atoms with Gasteiger partial charge < -0.3 is 9.47 Å². The summed E-state index contributed by atoms with van der Waals surface area (Å²) in [6, 6.07) is 5.77. The predicted molar refractivity (Wildman–Crippen MR) is 66.0 cm³/mol. The predicted octanol–water partition coefficient (Wildman–Crippen LogP) is 1.41. The van der Waals surface area contributed by atoms with E-state index < -0.39 is 0 Å². The Morgan fingerprint density at radius 1 is 1.17 bits per heavy atom. The van der Waals surface area contributed by atoms with Gasteiger partial charge in [-0.2, -0.15) is 5.10 Å². The molecule has 2 heterocycles. The molecule has 0 bridgehead atoms. The molecule has 1 amide bonds. The summed E-state index contributed by atoms with van der Waals surface area (Å²) in [5.74, 6) is 1.57. The highest BCUT2D eigenvalue weighted by Gasteiger charge is 2.20. The summed E-state index contributed by atoms with van der Waals surface area (Å²) in [4.78, 5) is 11.4. The standard InChI is InChI=1S/C13H14N2O3/c1-15-13(16)5-3-10(14-15)9-2-4-11-12(8-9)18-7-6-17-11/h2,4,8H,3,5-7H2,1H3. The van der Waals surface area contributed by atoms with Crippen molar-refractivity contribution in [3.05, 3.63) is 23.8 Å². The van der Waals surface area contributed by atoms with Crippen molar-refractivity contribution in [3.8, 4) is 11.5 Å². The van der Waals surface area contributed by atoms with Crippen molar-refractivity contribution in [1.82, 2.24) is 5.01 Å². The van der Waals surface area contributed by atoms with Gasteiger partial charge in [-0.15, -0.1) is 0 Å². The van der Waals surface area contributed by atoms with E-state index in [1.807, 2.05) is 18.2 Å². The van der Waals surface area contributed by atoms with Crippen LogP contribution in [-0.2, 0) is 4.79 Å². The zero-order valence-electron chi connectivity index (χ0n) is 10.2. The van der Waals surface area contributed by atoms with Gasteiger partial charge >= 0.3 is 0 Å². The highest BCUT2D eigenvalue weighted by molar-refractivity contribution is 6.04. The van der Waals surface area contributed by atoms with E-state index in [9.17, 15) is 4.79 Å². The average molecular weight is 246 g/mol. The van der Waals surface area contributed by atoms with E-state index in [-0.39, 0.29) is 5.91 Å².